The van der Waals surface area contributed by atoms with Gasteiger partial charge in [0.2, 0.25) is 0 Å². The third-order valence-corrected chi connectivity index (χ3v) is 4.30. The Morgan fingerprint density at radius 3 is 2.47 bits per heavy atom. The van der Waals surface area contributed by atoms with Crippen molar-refractivity contribution in [3.05, 3.63) is 35.9 Å². The smallest absolute Gasteiger partial charge is 0.0252 e. The summed E-state index contributed by atoms with van der Waals surface area (Å²) in [4.78, 5) is 2.65. The van der Waals surface area contributed by atoms with Crippen LogP contribution in [-0.2, 0) is 6.42 Å². The van der Waals surface area contributed by atoms with Crippen molar-refractivity contribution < 1.29 is 0 Å². The lowest BCUT2D eigenvalue weighted by Gasteiger charge is -2.39. The van der Waals surface area contributed by atoms with Crippen LogP contribution in [0, 0.1) is 0 Å². The van der Waals surface area contributed by atoms with Crippen LogP contribution in [0.5, 0.6) is 0 Å². The highest BCUT2D eigenvalue weighted by atomic mass is 15.2. The summed E-state index contributed by atoms with van der Waals surface area (Å²) in [7, 11) is 0. The van der Waals surface area contributed by atoms with Gasteiger partial charge in [-0.25, -0.2) is 0 Å². The third-order valence-electron chi connectivity index (χ3n) is 4.30. The highest BCUT2D eigenvalue weighted by molar-refractivity contribution is 5.15. The highest BCUT2D eigenvalue weighted by Gasteiger charge is 2.34. The largest absolute Gasteiger partial charge is 0.310 e. The molecule has 0 amide bonds. The molecule has 1 aromatic rings. The molecule has 1 aliphatic rings. The standard InChI is InChI=1S/C17H28N2/c1-16(2)14-19(17(3,4)11-12-18-16)13-10-15-8-6-5-7-9-15/h5-9,18H,10-14H2,1-4H3. The van der Waals surface area contributed by atoms with Gasteiger partial charge in [0.1, 0.15) is 0 Å². The molecular weight excluding hydrogens is 232 g/mol. The van der Waals surface area contributed by atoms with E-state index in [9.17, 15) is 0 Å². The molecule has 0 spiro atoms. The average molecular weight is 260 g/mol. The second-order valence-corrected chi connectivity index (χ2v) is 7.03. The fourth-order valence-corrected chi connectivity index (χ4v) is 2.90. The zero-order valence-corrected chi connectivity index (χ0v) is 12.9. The summed E-state index contributed by atoms with van der Waals surface area (Å²) < 4.78 is 0. The van der Waals surface area contributed by atoms with Gasteiger partial charge in [-0.1, -0.05) is 30.3 Å². The van der Waals surface area contributed by atoms with Gasteiger partial charge in [0, 0.05) is 24.2 Å². The molecule has 1 saturated heterocycles. The molecule has 0 unspecified atom stereocenters. The fourth-order valence-electron chi connectivity index (χ4n) is 2.90. The van der Waals surface area contributed by atoms with Crippen molar-refractivity contribution >= 4 is 0 Å². The van der Waals surface area contributed by atoms with E-state index in [2.05, 4.69) is 68.2 Å². The maximum Gasteiger partial charge on any atom is 0.0252 e. The minimum absolute atomic E-state index is 0.213. The second kappa shape index (κ2) is 5.64. The van der Waals surface area contributed by atoms with Crippen LogP contribution in [0.4, 0.5) is 0 Å². The maximum atomic E-state index is 3.66. The van der Waals surface area contributed by atoms with Gasteiger partial charge in [0.15, 0.2) is 0 Å². The first-order valence-electron chi connectivity index (χ1n) is 7.43. The number of benzene rings is 1. The van der Waals surface area contributed by atoms with E-state index >= 15 is 0 Å². The van der Waals surface area contributed by atoms with Crippen molar-refractivity contribution in [3.63, 3.8) is 0 Å². The summed E-state index contributed by atoms with van der Waals surface area (Å²) in [5, 5.41) is 3.66. The molecular formula is C17H28N2. The van der Waals surface area contributed by atoms with E-state index in [0.717, 1.165) is 26.1 Å². The Bertz CT molecular complexity index is 395. The van der Waals surface area contributed by atoms with Gasteiger partial charge in [-0.2, -0.15) is 0 Å². The van der Waals surface area contributed by atoms with E-state index < -0.39 is 0 Å². The average Bonchev–Trinajstić information content (AvgIpc) is 2.44. The van der Waals surface area contributed by atoms with E-state index in [1.165, 1.54) is 12.0 Å². The molecule has 106 valence electrons. The van der Waals surface area contributed by atoms with E-state index in [1.54, 1.807) is 0 Å². The topological polar surface area (TPSA) is 15.3 Å². The molecule has 2 heteroatoms. The molecule has 1 heterocycles. The molecule has 0 saturated carbocycles. The van der Waals surface area contributed by atoms with Gasteiger partial charge in [0.05, 0.1) is 0 Å². The fraction of sp³-hybridized carbons (Fsp3) is 0.647. The predicted octanol–water partition coefficient (Wildman–Crippen LogP) is 3.08. The number of nitrogens with zero attached hydrogens (tertiary/aromatic N) is 1. The second-order valence-electron chi connectivity index (χ2n) is 7.03. The van der Waals surface area contributed by atoms with Crippen LogP contribution in [0.1, 0.15) is 39.7 Å². The van der Waals surface area contributed by atoms with Gasteiger partial charge in [-0.05, 0) is 52.6 Å². The third kappa shape index (κ3) is 4.05. The Morgan fingerprint density at radius 1 is 1.11 bits per heavy atom. The lowest BCUT2D eigenvalue weighted by atomic mass is 9.96. The molecule has 2 rings (SSSR count). The Kier molecular flexibility index (Phi) is 4.32. The van der Waals surface area contributed by atoms with Crippen LogP contribution in [0.3, 0.4) is 0 Å². The highest BCUT2D eigenvalue weighted by Crippen LogP contribution is 2.25. The SMILES string of the molecule is CC1(C)CN(CCc2ccccc2)C(C)(C)CCN1. The van der Waals surface area contributed by atoms with Gasteiger partial charge in [-0.3, -0.25) is 4.90 Å². The summed E-state index contributed by atoms with van der Waals surface area (Å²) in [6.07, 6.45) is 2.35. The zero-order valence-electron chi connectivity index (χ0n) is 12.9. The lowest BCUT2D eigenvalue weighted by molar-refractivity contribution is 0.108. The summed E-state index contributed by atoms with van der Waals surface area (Å²) in [5.41, 5.74) is 1.94. The van der Waals surface area contributed by atoms with Crippen molar-refractivity contribution in [1.82, 2.24) is 10.2 Å². The molecule has 0 atom stereocenters. The van der Waals surface area contributed by atoms with Crippen LogP contribution < -0.4 is 5.32 Å². The first-order chi connectivity index (χ1) is 8.89. The maximum absolute atomic E-state index is 3.66. The lowest BCUT2D eigenvalue weighted by Crippen LogP contribution is -2.51. The van der Waals surface area contributed by atoms with Crippen molar-refractivity contribution in [2.24, 2.45) is 0 Å². The molecule has 0 aliphatic carbocycles. The minimum Gasteiger partial charge on any atom is -0.310 e. The van der Waals surface area contributed by atoms with Gasteiger partial charge in [0.25, 0.3) is 0 Å². The van der Waals surface area contributed by atoms with E-state index in [4.69, 9.17) is 0 Å². The zero-order chi connectivity index (χ0) is 13.9. The van der Waals surface area contributed by atoms with E-state index in [1.807, 2.05) is 0 Å². The molecule has 1 N–H and O–H groups in total. The Morgan fingerprint density at radius 2 is 1.79 bits per heavy atom. The van der Waals surface area contributed by atoms with Gasteiger partial charge >= 0.3 is 0 Å². The van der Waals surface area contributed by atoms with Crippen LogP contribution in [-0.4, -0.2) is 35.6 Å². The molecule has 1 aromatic carbocycles. The predicted molar refractivity (Wildman–Crippen MR) is 82.5 cm³/mol. The number of rotatable bonds is 3. The number of nitrogens with one attached hydrogen (secondary N) is 1. The van der Waals surface area contributed by atoms with Gasteiger partial charge < -0.3 is 5.32 Å². The number of hydrogen-bond acceptors (Lipinski definition) is 2. The van der Waals surface area contributed by atoms with E-state index in [-0.39, 0.29) is 11.1 Å². The van der Waals surface area contributed by atoms with Gasteiger partial charge in [-0.15, -0.1) is 0 Å². The quantitative estimate of drug-likeness (QED) is 0.898. The summed E-state index contributed by atoms with van der Waals surface area (Å²) >= 11 is 0. The molecule has 1 fully saturated rings. The molecule has 19 heavy (non-hydrogen) atoms. The summed E-state index contributed by atoms with van der Waals surface area (Å²) in [6.45, 7) is 12.7. The summed E-state index contributed by atoms with van der Waals surface area (Å²) in [6, 6.07) is 10.8. The molecule has 0 bridgehead atoms. The Hall–Kier alpha value is -0.860. The first kappa shape index (κ1) is 14.5. The van der Waals surface area contributed by atoms with Crippen molar-refractivity contribution in [2.45, 2.75) is 51.6 Å². The van der Waals surface area contributed by atoms with E-state index in [0.29, 0.717) is 0 Å². The van der Waals surface area contributed by atoms with Crippen LogP contribution in [0.25, 0.3) is 0 Å². The van der Waals surface area contributed by atoms with Crippen molar-refractivity contribution in [3.8, 4) is 0 Å². The van der Waals surface area contributed by atoms with Crippen LogP contribution in [0.2, 0.25) is 0 Å². The Labute approximate surface area is 118 Å². The first-order valence-corrected chi connectivity index (χ1v) is 7.43. The normalized spacial score (nSPS) is 22.9. The summed E-state index contributed by atoms with van der Waals surface area (Å²) in [5.74, 6) is 0. The monoisotopic (exact) mass is 260 g/mol. The molecule has 2 nitrogen and oxygen atoms in total. The van der Waals surface area contributed by atoms with Crippen molar-refractivity contribution in [2.75, 3.05) is 19.6 Å². The Balaban J connectivity index is 2.03. The molecule has 1 aliphatic heterocycles. The van der Waals surface area contributed by atoms with Crippen molar-refractivity contribution in [1.29, 1.82) is 0 Å². The number of hydrogen-bond donors (Lipinski definition) is 1. The van der Waals surface area contributed by atoms with Crippen LogP contribution in [0.15, 0.2) is 30.3 Å². The minimum atomic E-state index is 0.213. The van der Waals surface area contributed by atoms with Crippen LogP contribution >= 0.6 is 0 Å². The molecule has 0 radical (unpaired) electrons. The molecule has 0 aromatic heterocycles.